The van der Waals surface area contributed by atoms with Crippen molar-refractivity contribution in [3.8, 4) is 0 Å². The molecule has 29 heavy (non-hydrogen) atoms. The number of halogens is 2. The number of aromatic nitrogens is 1. The van der Waals surface area contributed by atoms with Crippen LogP contribution in [0.25, 0.3) is 0 Å². The summed E-state index contributed by atoms with van der Waals surface area (Å²) >= 11 is 0. The van der Waals surface area contributed by atoms with Crippen molar-refractivity contribution in [2.24, 2.45) is 10.9 Å². The minimum atomic E-state index is -1.51. The second-order valence-electron chi connectivity index (χ2n) is 7.80. The van der Waals surface area contributed by atoms with Gasteiger partial charge in [0.1, 0.15) is 12.2 Å². The molecule has 0 fully saturated rings. The van der Waals surface area contributed by atoms with E-state index in [4.69, 9.17) is 4.74 Å². The molecule has 1 aromatic heterocycles. The van der Waals surface area contributed by atoms with Crippen LogP contribution in [-0.4, -0.2) is 27.4 Å². The molecule has 1 N–H and O–H groups in total. The molecule has 5 rings (SSSR count). The van der Waals surface area contributed by atoms with Gasteiger partial charge in [-0.15, -0.1) is 0 Å². The van der Waals surface area contributed by atoms with E-state index in [0.717, 1.165) is 11.6 Å². The highest BCUT2D eigenvalue weighted by Gasteiger charge is 2.41. The summed E-state index contributed by atoms with van der Waals surface area (Å²) < 4.78 is 34.0. The van der Waals surface area contributed by atoms with E-state index < -0.39 is 35.2 Å². The van der Waals surface area contributed by atoms with Gasteiger partial charge in [-0.2, -0.15) is 0 Å². The SMILES string of the molecule is CC[C@@]1(O)CC(=O)OCc2c1cc1n(c2=O)CC2=CC3C=C(F)C(F)=CC3N=C21. The lowest BCUT2D eigenvalue weighted by molar-refractivity contribution is -0.149. The number of fused-ring (bicyclic) bond motifs is 5. The number of esters is 1. The largest absolute Gasteiger partial charge is 0.460 e. The van der Waals surface area contributed by atoms with Gasteiger partial charge in [-0.3, -0.25) is 14.6 Å². The maximum Gasteiger partial charge on any atom is 0.309 e. The number of cyclic esters (lactones) is 1. The van der Waals surface area contributed by atoms with Gasteiger partial charge in [0.2, 0.25) is 0 Å². The third kappa shape index (κ3) is 2.58. The van der Waals surface area contributed by atoms with Gasteiger partial charge in [0.05, 0.1) is 36.0 Å². The number of carbonyl (C=O) groups is 1. The summed E-state index contributed by atoms with van der Waals surface area (Å²) in [7, 11) is 0. The zero-order chi connectivity index (χ0) is 20.5. The summed E-state index contributed by atoms with van der Waals surface area (Å²) in [5.41, 5.74) is 0.528. The van der Waals surface area contributed by atoms with Crippen LogP contribution in [0, 0.1) is 5.92 Å². The first-order valence-corrected chi connectivity index (χ1v) is 9.50. The zero-order valence-corrected chi connectivity index (χ0v) is 15.6. The van der Waals surface area contributed by atoms with Crippen molar-refractivity contribution in [3.05, 3.63) is 68.7 Å². The Bertz CT molecular complexity index is 1140. The van der Waals surface area contributed by atoms with E-state index >= 15 is 0 Å². The lowest BCUT2D eigenvalue weighted by Gasteiger charge is -2.26. The average molecular weight is 400 g/mol. The van der Waals surface area contributed by atoms with Gasteiger partial charge >= 0.3 is 5.97 Å². The number of carbonyl (C=O) groups excluding carboxylic acids is 1. The van der Waals surface area contributed by atoms with Crippen molar-refractivity contribution in [1.29, 1.82) is 0 Å². The molecule has 0 amide bonds. The molecule has 3 atom stereocenters. The average Bonchev–Trinajstić information content (AvgIpc) is 2.97. The normalized spacial score (nSPS) is 29.9. The van der Waals surface area contributed by atoms with Gasteiger partial charge in [-0.1, -0.05) is 13.0 Å². The monoisotopic (exact) mass is 400 g/mol. The highest BCUT2D eigenvalue weighted by Crippen LogP contribution is 2.38. The van der Waals surface area contributed by atoms with Gasteiger partial charge in [-0.25, -0.2) is 8.78 Å². The van der Waals surface area contributed by atoms with Crippen LogP contribution >= 0.6 is 0 Å². The third-order valence-electron chi connectivity index (χ3n) is 6.13. The van der Waals surface area contributed by atoms with Crippen LogP contribution < -0.4 is 5.56 Å². The first kappa shape index (κ1) is 18.2. The summed E-state index contributed by atoms with van der Waals surface area (Å²) in [6.07, 6.45) is 4.13. The van der Waals surface area contributed by atoms with Crippen LogP contribution in [0.3, 0.4) is 0 Å². The molecule has 4 heterocycles. The molecule has 0 bridgehead atoms. The van der Waals surface area contributed by atoms with Crippen LogP contribution in [-0.2, 0) is 28.3 Å². The fourth-order valence-electron chi connectivity index (χ4n) is 4.48. The van der Waals surface area contributed by atoms with Crippen molar-refractivity contribution in [2.75, 3.05) is 0 Å². The number of pyridine rings is 1. The van der Waals surface area contributed by atoms with E-state index in [2.05, 4.69) is 4.99 Å². The second-order valence-corrected chi connectivity index (χ2v) is 7.80. The Kier molecular flexibility index (Phi) is 3.80. The minimum Gasteiger partial charge on any atom is -0.460 e. The van der Waals surface area contributed by atoms with E-state index in [9.17, 15) is 23.5 Å². The third-order valence-corrected chi connectivity index (χ3v) is 6.13. The number of hydrogen-bond donors (Lipinski definition) is 1. The molecule has 2 unspecified atom stereocenters. The Hall–Kier alpha value is -2.87. The standard InChI is InChI=1S/C21H18F2N2O4/c1-2-21(28)7-18(26)29-9-12-13(21)5-17-19-11(8-25(17)20(12)27)3-10-4-14(22)15(23)6-16(10)24-19/h3-6,10,16,28H,2,7-9H2,1H3/t10?,16?,21-/m1/s1. The van der Waals surface area contributed by atoms with E-state index in [1.165, 1.54) is 10.6 Å². The Labute approximate surface area is 164 Å². The second kappa shape index (κ2) is 6.06. The topological polar surface area (TPSA) is 80.9 Å². The maximum atomic E-state index is 13.7. The number of ether oxygens (including phenoxy) is 1. The Balaban J connectivity index is 1.69. The molecule has 1 aromatic rings. The highest BCUT2D eigenvalue weighted by atomic mass is 19.2. The molecular weight excluding hydrogens is 382 g/mol. The van der Waals surface area contributed by atoms with Crippen molar-refractivity contribution < 1.29 is 23.4 Å². The molecule has 6 nitrogen and oxygen atoms in total. The summed E-state index contributed by atoms with van der Waals surface area (Å²) in [6.45, 7) is 1.77. The fraction of sp³-hybridized carbons (Fsp3) is 0.381. The van der Waals surface area contributed by atoms with Gasteiger partial charge in [0.25, 0.3) is 5.56 Å². The summed E-state index contributed by atoms with van der Waals surface area (Å²) in [5.74, 6) is -2.83. The fourth-order valence-corrected chi connectivity index (χ4v) is 4.48. The summed E-state index contributed by atoms with van der Waals surface area (Å²) in [5, 5.41) is 11.1. The number of hydrogen-bond acceptors (Lipinski definition) is 5. The van der Waals surface area contributed by atoms with Crippen molar-refractivity contribution >= 4 is 11.7 Å². The first-order valence-electron chi connectivity index (χ1n) is 9.50. The van der Waals surface area contributed by atoms with Crippen molar-refractivity contribution in [1.82, 2.24) is 4.57 Å². The lowest BCUT2D eigenvalue weighted by Crippen LogP contribution is -2.33. The molecule has 3 aliphatic heterocycles. The Morgan fingerprint density at radius 2 is 2.03 bits per heavy atom. The lowest BCUT2D eigenvalue weighted by atomic mass is 9.85. The summed E-state index contributed by atoms with van der Waals surface area (Å²) in [6, 6.07) is 1.09. The predicted molar refractivity (Wildman–Crippen MR) is 99.6 cm³/mol. The summed E-state index contributed by atoms with van der Waals surface area (Å²) in [4.78, 5) is 29.7. The number of nitrogens with zero attached hydrogens (tertiary/aromatic N) is 2. The molecule has 0 aromatic carbocycles. The van der Waals surface area contributed by atoms with E-state index in [1.807, 2.05) is 0 Å². The highest BCUT2D eigenvalue weighted by molar-refractivity contribution is 6.14. The minimum absolute atomic E-state index is 0.200. The number of rotatable bonds is 1. The van der Waals surface area contributed by atoms with E-state index in [1.54, 1.807) is 19.1 Å². The van der Waals surface area contributed by atoms with Crippen LogP contribution in [0.5, 0.6) is 0 Å². The zero-order valence-electron chi connectivity index (χ0n) is 15.6. The van der Waals surface area contributed by atoms with Crippen LogP contribution in [0.1, 0.15) is 36.6 Å². The Morgan fingerprint density at radius 1 is 1.28 bits per heavy atom. The first-order chi connectivity index (χ1) is 13.8. The molecule has 0 spiro atoms. The van der Waals surface area contributed by atoms with Crippen molar-refractivity contribution in [2.45, 2.75) is 44.6 Å². The quantitative estimate of drug-likeness (QED) is 0.734. The molecule has 150 valence electrons. The molecule has 4 aliphatic rings. The number of allylic oxidation sites excluding steroid dienone is 3. The Morgan fingerprint density at radius 3 is 2.79 bits per heavy atom. The molecule has 0 saturated heterocycles. The molecule has 8 heteroatoms. The number of aliphatic imine (C=N–C) groups is 1. The van der Waals surface area contributed by atoms with Gasteiger partial charge < -0.3 is 14.4 Å². The molecule has 1 aliphatic carbocycles. The van der Waals surface area contributed by atoms with Gasteiger partial charge in [-0.05, 0) is 35.8 Å². The predicted octanol–water partition coefficient (Wildman–Crippen LogP) is 2.34. The molecule has 0 radical (unpaired) electrons. The number of dihydropyridines is 1. The van der Waals surface area contributed by atoms with Gasteiger partial charge in [0.15, 0.2) is 11.7 Å². The van der Waals surface area contributed by atoms with Crippen LogP contribution in [0.2, 0.25) is 0 Å². The van der Waals surface area contributed by atoms with Crippen LogP contribution in [0.15, 0.2) is 51.3 Å². The molecular formula is C21H18F2N2O4. The maximum absolute atomic E-state index is 13.7. The number of aliphatic hydroxyl groups is 1. The van der Waals surface area contributed by atoms with Crippen molar-refractivity contribution in [3.63, 3.8) is 0 Å². The molecule has 0 saturated carbocycles. The van der Waals surface area contributed by atoms with E-state index in [0.29, 0.717) is 17.0 Å². The van der Waals surface area contributed by atoms with E-state index in [-0.39, 0.29) is 37.1 Å². The smallest absolute Gasteiger partial charge is 0.309 e. The van der Waals surface area contributed by atoms with Gasteiger partial charge in [0, 0.05) is 5.92 Å². The van der Waals surface area contributed by atoms with Crippen LogP contribution in [0.4, 0.5) is 8.78 Å².